The van der Waals surface area contributed by atoms with Crippen molar-refractivity contribution in [2.75, 3.05) is 19.6 Å². The molecule has 1 aromatic heterocycles. The first-order valence-electron chi connectivity index (χ1n) is 6.25. The summed E-state index contributed by atoms with van der Waals surface area (Å²) in [5.41, 5.74) is 0.861. The maximum Gasteiger partial charge on any atom is 0.337 e. The smallest absolute Gasteiger partial charge is 0.337 e. The number of aromatic carboxylic acids is 1. The van der Waals surface area contributed by atoms with Crippen molar-refractivity contribution in [3.05, 3.63) is 29.6 Å². The number of aromatic nitrogens is 1. The summed E-state index contributed by atoms with van der Waals surface area (Å²) < 4.78 is 0. The minimum absolute atomic E-state index is 0.0483. The first-order chi connectivity index (χ1) is 9.08. The van der Waals surface area contributed by atoms with Gasteiger partial charge in [-0.15, -0.1) is 0 Å². The SMILES string of the molecule is CCN(CC)C(=O)CNCc1ccc(C(=O)O)cn1. The van der Waals surface area contributed by atoms with Gasteiger partial charge in [-0.2, -0.15) is 0 Å². The molecule has 0 fully saturated rings. The highest BCUT2D eigenvalue weighted by Crippen LogP contribution is 2.00. The third-order valence-electron chi connectivity index (χ3n) is 2.77. The monoisotopic (exact) mass is 265 g/mol. The molecule has 0 bridgehead atoms. The molecule has 6 heteroatoms. The molecule has 0 spiro atoms. The summed E-state index contributed by atoms with van der Waals surface area (Å²) in [4.78, 5) is 28.1. The van der Waals surface area contributed by atoms with Crippen molar-refractivity contribution in [1.29, 1.82) is 0 Å². The number of likely N-dealkylation sites (N-methyl/N-ethyl adjacent to an activating group) is 1. The van der Waals surface area contributed by atoms with E-state index in [0.29, 0.717) is 25.3 Å². The number of pyridine rings is 1. The Kier molecular flexibility index (Phi) is 5.95. The Bertz CT molecular complexity index is 427. The predicted molar refractivity (Wildman–Crippen MR) is 70.8 cm³/mol. The third kappa shape index (κ3) is 4.67. The van der Waals surface area contributed by atoms with E-state index >= 15 is 0 Å². The Morgan fingerprint density at radius 2 is 2.00 bits per heavy atom. The number of nitrogens with zero attached hydrogens (tertiary/aromatic N) is 2. The van der Waals surface area contributed by atoms with E-state index in [1.54, 1.807) is 11.0 Å². The van der Waals surface area contributed by atoms with Gasteiger partial charge in [-0.1, -0.05) is 0 Å². The molecule has 0 aliphatic heterocycles. The van der Waals surface area contributed by atoms with Gasteiger partial charge in [0.25, 0.3) is 0 Å². The quantitative estimate of drug-likeness (QED) is 0.759. The summed E-state index contributed by atoms with van der Waals surface area (Å²) >= 11 is 0. The summed E-state index contributed by atoms with van der Waals surface area (Å²) in [6.07, 6.45) is 1.31. The molecule has 2 N–H and O–H groups in total. The van der Waals surface area contributed by atoms with Crippen molar-refractivity contribution in [2.24, 2.45) is 0 Å². The van der Waals surface area contributed by atoms with Gasteiger partial charge in [-0.3, -0.25) is 9.78 Å². The number of carbonyl (C=O) groups excluding carboxylic acids is 1. The lowest BCUT2D eigenvalue weighted by Crippen LogP contribution is -2.37. The lowest BCUT2D eigenvalue weighted by Gasteiger charge is -2.18. The molecule has 6 nitrogen and oxygen atoms in total. The fraction of sp³-hybridized carbons (Fsp3) is 0.462. The number of hydrogen-bond donors (Lipinski definition) is 2. The first kappa shape index (κ1) is 15.1. The highest BCUT2D eigenvalue weighted by atomic mass is 16.4. The van der Waals surface area contributed by atoms with Crippen molar-refractivity contribution in [1.82, 2.24) is 15.2 Å². The molecule has 104 valence electrons. The number of carboxylic acid groups (broad SMARTS) is 1. The van der Waals surface area contributed by atoms with E-state index in [1.165, 1.54) is 12.3 Å². The van der Waals surface area contributed by atoms with Crippen LogP contribution in [-0.2, 0) is 11.3 Å². The minimum atomic E-state index is -0.997. The number of amides is 1. The minimum Gasteiger partial charge on any atom is -0.478 e. The maximum atomic E-state index is 11.7. The summed E-state index contributed by atoms with van der Waals surface area (Å²) in [6.45, 7) is 5.96. The lowest BCUT2D eigenvalue weighted by atomic mass is 10.2. The van der Waals surface area contributed by atoms with Gasteiger partial charge in [0.05, 0.1) is 17.8 Å². The Morgan fingerprint density at radius 1 is 1.32 bits per heavy atom. The van der Waals surface area contributed by atoms with Crippen LogP contribution in [0.2, 0.25) is 0 Å². The topological polar surface area (TPSA) is 82.5 Å². The Balaban J connectivity index is 2.41. The molecule has 1 heterocycles. The van der Waals surface area contributed by atoms with E-state index in [-0.39, 0.29) is 18.0 Å². The van der Waals surface area contributed by atoms with Crippen LogP contribution in [0, 0.1) is 0 Å². The summed E-state index contributed by atoms with van der Waals surface area (Å²) in [5.74, 6) is -0.948. The summed E-state index contributed by atoms with van der Waals surface area (Å²) in [5, 5.41) is 11.7. The van der Waals surface area contributed by atoms with Crippen molar-refractivity contribution in [2.45, 2.75) is 20.4 Å². The van der Waals surface area contributed by atoms with Crippen LogP contribution in [-0.4, -0.2) is 46.5 Å². The van der Waals surface area contributed by atoms with Crippen LogP contribution in [0.1, 0.15) is 29.9 Å². The number of rotatable bonds is 7. The molecule has 19 heavy (non-hydrogen) atoms. The van der Waals surface area contributed by atoms with Crippen LogP contribution in [0.4, 0.5) is 0 Å². The van der Waals surface area contributed by atoms with Crippen LogP contribution in [0.15, 0.2) is 18.3 Å². The molecular formula is C13H19N3O3. The van der Waals surface area contributed by atoms with Crippen molar-refractivity contribution in [3.63, 3.8) is 0 Å². The molecule has 0 aliphatic rings. The third-order valence-corrected chi connectivity index (χ3v) is 2.77. The number of carboxylic acids is 1. The standard InChI is InChI=1S/C13H19N3O3/c1-3-16(4-2)12(17)9-14-8-11-6-5-10(7-15-11)13(18)19/h5-7,14H,3-4,8-9H2,1-2H3,(H,18,19). The molecule has 0 unspecified atom stereocenters. The lowest BCUT2D eigenvalue weighted by molar-refractivity contribution is -0.129. The van der Waals surface area contributed by atoms with E-state index in [9.17, 15) is 9.59 Å². The molecular weight excluding hydrogens is 246 g/mol. The second-order valence-electron chi connectivity index (χ2n) is 4.01. The van der Waals surface area contributed by atoms with Crippen molar-refractivity contribution < 1.29 is 14.7 Å². The highest BCUT2D eigenvalue weighted by molar-refractivity contribution is 5.87. The molecule has 0 atom stereocenters. The summed E-state index contributed by atoms with van der Waals surface area (Å²) in [6, 6.07) is 3.14. The maximum absolute atomic E-state index is 11.7. The van der Waals surface area contributed by atoms with Gasteiger partial charge in [0, 0.05) is 25.8 Å². The average molecular weight is 265 g/mol. The summed E-state index contributed by atoms with van der Waals surface area (Å²) in [7, 11) is 0. The molecule has 1 aromatic rings. The van der Waals surface area contributed by atoms with Crippen LogP contribution in [0.5, 0.6) is 0 Å². The second-order valence-corrected chi connectivity index (χ2v) is 4.01. The predicted octanol–water partition coefficient (Wildman–Crippen LogP) is 0.738. The largest absolute Gasteiger partial charge is 0.478 e. The average Bonchev–Trinajstić information content (AvgIpc) is 2.40. The number of hydrogen-bond acceptors (Lipinski definition) is 4. The number of carbonyl (C=O) groups is 2. The molecule has 0 saturated heterocycles. The zero-order chi connectivity index (χ0) is 14.3. The van der Waals surface area contributed by atoms with Gasteiger partial charge in [-0.25, -0.2) is 4.79 Å². The Morgan fingerprint density at radius 3 is 2.47 bits per heavy atom. The van der Waals surface area contributed by atoms with Gasteiger partial charge < -0.3 is 15.3 Å². The van der Waals surface area contributed by atoms with E-state index in [1.807, 2.05) is 13.8 Å². The van der Waals surface area contributed by atoms with Crippen LogP contribution in [0.3, 0.4) is 0 Å². The van der Waals surface area contributed by atoms with E-state index < -0.39 is 5.97 Å². The Hall–Kier alpha value is -1.95. The van der Waals surface area contributed by atoms with Gasteiger partial charge >= 0.3 is 5.97 Å². The van der Waals surface area contributed by atoms with E-state index in [0.717, 1.165) is 0 Å². The Labute approximate surface area is 112 Å². The zero-order valence-corrected chi connectivity index (χ0v) is 11.2. The van der Waals surface area contributed by atoms with Crippen LogP contribution in [0.25, 0.3) is 0 Å². The van der Waals surface area contributed by atoms with E-state index in [4.69, 9.17) is 5.11 Å². The highest BCUT2D eigenvalue weighted by Gasteiger charge is 2.08. The molecule has 0 radical (unpaired) electrons. The van der Waals surface area contributed by atoms with Gasteiger partial charge in [-0.05, 0) is 26.0 Å². The van der Waals surface area contributed by atoms with Gasteiger partial charge in [0.2, 0.25) is 5.91 Å². The normalized spacial score (nSPS) is 10.2. The molecule has 0 aliphatic carbocycles. The molecule has 1 rings (SSSR count). The molecule has 0 aromatic carbocycles. The van der Waals surface area contributed by atoms with Crippen LogP contribution < -0.4 is 5.32 Å². The molecule has 0 saturated carbocycles. The number of nitrogens with one attached hydrogen (secondary N) is 1. The molecule has 1 amide bonds. The second kappa shape index (κ2) is 7.48. The van der Waals surface area contributed by atoms with Gasteiger partial charge in [0.15, 0.2) is 0 Å². The van der Waals surface area contributed by atoms with Crippen LogP contribution >= 0.6 is 0 Å². The fourth-order valence-electron chi connectivity index (χ4n) is 1.64. The zero-order valence-electron chi connectivity index (χ0n) is 11.2. The van der Waals surface area contributed by atoms with Crippen molar-refractivity contribution >= 4 is 11.9 Å². The fourth-order valence-corrected chi connectivity index (χ4v) is 1.64. The van der Waals surface area contributed by atoms with Gasteiger partial charge in [0.1, 0.15) is 0 Å². The first-order valence-corrected chi connectivity index (χ1v) is 6.25. The van der Waals surface area contributed by atoms with E-state index in [2.05, 4.69) is 10.3 Å². The van der Waals surface area contributed by atoms with Crippen molar-refractivity contribution in [3.8, 4) is 0 Å².